The van der Waals surface area contributed by atoms with Crippen LogP contribution in [-0.4, -0.2) is 83.4 Å². The second kappa shape index (κ2) is 9.22. The smallest absolute Gasteiger partial charge is 0.371 e. The second-order valence-electron chi connectivity index (χ2n) is 8.14. The van der Waals surface area contributed by atoms with E-state index in [-0.39, 0.29) is 28.6 Å². The molecule has 1 aromatic carbocycles. The lowest BCUT2D eigenvalue weighted by atomic mass is 10.2. The molecule has 0 unspecified atom stereocenters. The predicted molar refractivity (Wildman–Crippen MR) is 131 cm³/mol. The Kier molecular flexibility index (Phi) is 6.07. The number of aromatic nitrogens is 4. The van der Waals surface area contributed by atoms with Gasteiger partial charge in [-0.2, -0.15) is 22.8 Å². The highest BCUT2D eigenvalue weighted by atomic mass is 32.2. The number of carboxylic acid groups (broad SMARTS) is 1. The molecule has 4 heterocycles. The number of hydrogen-bond donors (Lipinski definition) is 2. The van der Waals surface area contributed by atoms with Crippen LogP contribution < -0.4 is 10.2 Å². The number of carboxylic acids is 1. The van der Waals surface area contributed by atoms with Crippen LogP contribution in [-0.2, 0) is 14.9 Å². The Morgan fingerprint density at radius 2 is 1.83 bits per heavy atom. The van der Waals surface area contributed by atoms with E-state index in [0.29, 0.717) is 37.8 Å². The number of aromatic carboxylic acids is 1. The summed E-state index contributed by atoms with van der Waals surface area (Å²) in [4.78, 5) is 22.4. The molecule has 13 nitrogen and oxygen atoms in total. The first-order valence-electron chi connectivity index (χ1n) is 11.0. The molecular weight excluding hydrogens is 490 g/mol. The van der Waals surface area contributed by atoms with Crippen molar-refractivity contribution in [3.05, 3.63) is 48.2 Å². The van der Waals surface area contributed by atoms with Gasteiger partial charge in [0.2, 0.25) is 11.7 Å². The van der Waals surface area contributed by atoms with Crippen molar-refractivity contribution in [2.24, 2.45) is 0 Å². The summed E-state index contributed by atoms with van der Waals surface area (Å²) < 4.78 is 38.9. The number of ether oxygens (including phenoxy) is 1. The molecule has 188 valence electrons. The van der Waals surface area contributed by atoms with Crippen LogP contribution in [0.15, 0.2) is 46.9 Å². The minimum Gasteiger partial charge on any atom is -0.475 e. The minimum absolute atomic E-state index is 0.0523. The van der Waals surface area contributed by atoms with Crippen LogP contribution >= 0.6 is 0 Å². The zero-order chi connectivity index (χ0) is 25.4. The number of nitrogens with one attached hydrogen (secondary N) is 1. The summed E-state index contributed by atoms with van der Waals surface area (Å²) >= 11 is 0. The molecule has 3 aromatic heterocycles. The molecule has 1 aliphatic heterocycles. The van der Waals surface area contributed by atoms with Crippen LogP contribution in [0.1, 0.15) is 10.6 Å². The fourth-order valence-electron chi connectivity index (χ4n) is 3.71. The quantitative estimate of drug-likeness (QED) is 0.373. The molecule has 14 heteroatoms. The first-order chi connectivity index (χ1) is 17.2. The fraction of sp³-hybridized carbons (Fsp3) is 0.273. The first-order valence-corrected chi connectivity index (χ1v) is 12.4. The van der Waals surface area contributed by atoms with Crippen LogP contribution in [0.5, 0.6) is 0 Å². The van der Waals surface area contributed by atoms with Gasteiger partial charge in [0.05, 0.1) is 18.9 Å². The summed E-state index contributed by atoms with van der Waals surface area (Å²) in [6.07, 6.45) is 0. The molecule has 0 spiro atoms. The van der Waals surface area contributed by atoms with E-state index in [4.69, 9.17) is 9.15 Å². The van der Waals surface area contributed by atoms with E-state index in [2.05, 4.69) is 20.4 Å². The van der Waals surface area contributed by atoms with Gasteiger partial charge in [-0.25, -0.2) is 9.78 Å². The second-order valence-corrected chi connectivity index (χ2v) is 10.1. The molecule has 2 N–H and O–H groups in total. The Hall–Kier alpha value is -4.01. The van der Waals surface area contributed by atoms with Crippen molar-refractivity contribution in [1.29, 1.82) is 0 Å². The number of nitrogens with zero attached hydrogens (tertiary/aromatic N) is 6. The van der Waals surface area contributed by atoms with Crippen molar-refractivity contribution < 1.29 is 27.5 Å². The maximum atomic E-state index is 13.0. The Bertz CT molecular complexity index is 1530. The largest absolute Gasteiger partial charge is 0.475 e. The number of fused-ring (bicyclic) bond motifs is 1. The van der Waals surface area contributed by atoms with Gasteiger partial charge in [0, 0.05) is 44.9 Å². The number of morpholine rings is 1. The molecule has 36 heavy (non-hydrogen) atoms. The summed E-state index contributed by atoms with van der Waals surface area (Å²) in [5.74, 6) is -0.980. The molecule has 0 saturated carbocycles. The van der Waals surface area contributed by atoms with Crippen molar-refractivity contribution in [1.82, 2.24) is 23.5 Å². The Labute approximate surface area is 206 Å². The standard InChI is InChI=1S/C22H23N7O6S/c1-27(2)36(32,33)29-18(13-15(26-29)14-6-4-3-5-7-14)24-22-23-16-12-17(21(30)31)35-19(16)20(25-22)28-8-10-34-11-9-28/h3-7,12-13H,8-11H2,1-2H3,(H,30,31)(H,23,24,25). The number of anilines is 3. The normalized spacial score (nSPS) is 14.5. The summed E-state index contributed by atoms with van der Waals surface area (Å²) in [5, 5.41) is 16.7. The minimum atomic E-state index is -4.00. The van der Waals surface area contributed by atoms with E-state index in [1.807, 2.05) is 35.2 Å². The van der Waals surface area contributed by atoms with Crippen LogP contribution in [0, 0.1) is 0 Å². The van der Waals surface area contributed by atoms with Gasteiger partial charge in [-0.05, 0) is 0 Å². The number of carbonyl (C=O) groups is 1. The van der Waals surface area contributed by atoms with Gasteiger partial charge in [-0.15, -0.1) is 4.09 Å². The summed E-state index contributed by atoms with van der Waals surface area (Å²) in [6.45, 7) is 1.96. The maximum absolute atomic E-state index is 13.0. The highest BCUT2D eigenvalue weighted by Gasteiger charge is 2.26. The topological polar surface area (TPSA) is 156 Å². The molecule has 0 aliphatic carbocycles. The van der Waals surface area contributed by atoms with Gasteiger partial charge in [0.1, 0.15) is 11.3 Å². The van der Waals surface area contributed by atoms with Gasteiger partial charge >= 0.3 is 16.2 Å². The molecule has 1 aliphatic rings. The number of rotatable bonds is 7. The zero-order valence-electron chi connectivity index (χ0n) is 19.4. The maximum Gasteiger partial charge on any atom is 0.371 e. The van der Waals surface area contributed by atoms with Gasteiger partial charge < -0.3 is 24.5 Å². The zero-order valence-corrected chi connectivity index (χ0v) is 20.3. The molecular formula is C22H23N7O6S. The predicted octanol–water partition coefficient (Wildman–Crippen LogP) is 2.02. The highest BCUT2D eigenvalue weighted by molar-refractivity contribution is 7.87. The van der Waals surface area contributed by atoms with Crippen molar-refractivity contribution in [2.75, 3.05) is 50.6 Å². The molecule has 0 bridgehead atoms. The molecule has 0 atom stereocenters. The Morgan fingerprint density at radius 1 is 1.11 bits per heavy atom. The Balaban J connectivity index is 1.63. The third-order valence-corrected chi connectivity index (χ3v) is 7.18. The average molecular weight is 514 g/mol. The number of hydrogen-bond acceptors (Lipinski definition) is 10. The lowest BCUT2D eigenvalue weighted by Gasteiger charge is -2.27. The third-order valence-electron chi connectivity index (χ3n) is 5.54. The summed E-state index contributed by atoms with van der Waals surface area (Å²) in [7, 11) is -1.19. The number of furan rings is 1. The van der Waals surface area contributed by atoms with Crippen LogP contribution in [0.25, 0.3) is 22.4 Å². The molecule has 1 saturated heterocycles. The Morgan fingerprint density at radius 3 is 2.50 bits per heavy atom. The first kappa shape index (κ1) is 23.7. The summed E-state index contributed by atoms with van der Waals surface area (Å²) in [6, 6.07) is 12.0. The van der Waals surface area contributed by atoms with Crippen LogP contribution in [0.2, 0.25) is 0 Å². The van der Waals surface area contributed by atoms with E-state index in [0.717, 1.165) is 14.0 Å². The van der Waals surface area contributed by atoms with E-state index in [1.54, 1.807) is 6.07 Å². The SMILES string of the molecule is CN(C)S(=O)(=O)n1nc(-c2ccccc2)cc1Nc1nc(N2CCOCC2)c2oc(C(=O)O)cc2n1. The molecule has 4 aromatic rings. The molecule has 1 fully saturated rings. The van der Waals surface area contributed by atoms with Gasteiger partial charge in [0.25, 0.3) is 0 Å². The summed E-state index contributed by atoms with van der Waals surface area (Å²) in [5.41, 5.74) is 1.63. The third kappa shape index (κ3) is 4.36. The number of benzene rings is 1. The van der Waals surface area contributed by atoms with Gasteiger partial charge in [0.15, 0.2) is 11.4 Å². The fourth-order valence-corrected chi connectivity index (χ4v) is 4.56. The van der Waals surface area contributed by atoms with E-state index in [1.165, 1.54) is 20.2 Å². The van der Waals surface area contributed by atoms with Crippen LogP contribution in [0.4, 0.5) is 17.6 Å². The van der Waals surface area contributed by atoms with Crippen molar-refractivity contribution >= 4 is 44.9 Å². The molecule has 0 radical (unpaired) electrons. The lowest BCUT2D eigenvalue weighted by Crippen LogP contribution is -2.37. The monoisotopic (exact) mass is 513 g/mol. The lowest BCUT2D eigenvalue weighted by molar-refractivity contribution is 0.0665. The van der Waals surface area contributed by atoms with E-state index < -0.39 is 16.2 Å². The van der Waals surface area contributed by atoms with E-state index in [9.17, 15) is 18.3 Å². The van der Waals surface area contributed by atoms with Crippen molar-refractivity contribution in [3.8, 4) is 11.3 Å². The average Bonchev–Trinajstić information content (AvgIpc) is 3.50. The van der Waals surface area contributed by atoms with Crippen LogP contribution in [0.3, 0.4) is 0 Å². The van der Waals surface area contributed by atoms with E-state index >= 15 is 0 Å². The van der Waals surface area contributed by atoms with Crippen molar-refractivity contribution in [2.45, 2.75) is 0 Å². The highest BCUT2D eigenvalue weighted by Crippen LogP contribution is 2.31. The van der Waals surface area contributed by atoms with Crippen molar-refractivity contribution in [3.63, 3.8) is 0 Å². The van der Waals surface area contributed by atoms with Gasteiger partial charge in [-0.3, -0.25) is 0 Å². The van der Waals surface area contributed by atoms with Gasteiger partial charge in [-0.1, -0.05) is 30.3 Å². The molecule has 0 amide bonds. The molecule has 5 rings (SSSR count).